The van der Waals surface area contributed by atoms with Crippen molar-refractivity contribution in [3.05, 3.63) is 69.0 Å². The SMILES string of the molecule is CS(=O)(=O)N(CC(=O)N/N=C\c1cc([N+](=O)[O-])ccc1Cl)c1ccccc1F. The van der Waals surface area contributed by atoms with Gasteiger partial charge in [-0.25, -0.2) is 18.2 Å². The molecular weight excluding hydrogens is 415 g/mol. The smallest absolute Gasteiger partial charge is 0.270 e. The Bertz CT molecular complexity index is 1050. The zero-order valence-electron chi connectivity index (χ0n) is 14.4. The highest BCUT2D eigenvalue weighted by atomic mass is 35.5. The number of rotatable bonds is 7. The number of hydrazone groups is 1. The van der Waals surface area contributed by atoms with Gasteiger partial charge < -0.3 is 0 Å². The average molecular weight is 429 g/mol. The first kappa shape index (κ1) is 21.3. The summed E-state index contributed by atoms with van der Waals surface area (Å²) in [7, 11) is -3.95. The molecule has 2 rings (SSSR count). The minimum absolute atomic E-state index is 0.160. The maximum atomic E-state index is 13.9. The Morgan fingerprint density at radius 1 is 1.36 bits per heavy atom. The molecule has 28 heavy (non-hydrogen) atoms. The molecule has 0 aliphatic carbocycles. The number of non-ortho nitro benzene ring substituents is 1. The van der Waals surface area contributed by atoms with Crippen LogP contribution in [0.25, 0.3) is 0 Å². The summed E-state index contributed by atoms with van der Waals surface area (Å²) in [5.41, 5.74) is 1.74. The molecule has 0 spiro atoms. The van der Waals surface area contributed by atoms with E-state index >= 15 is 0 Å². The molecule has 1 amide bonds. The van der Waals surface area contributed by atoms with E-state index < -0.39 is 33.2 Å². The van der Waals surface area contributed by atoms with Crippen LogP contribution < -0.4 is 9.73 Å². The van der Waals surface area contributed by atoms with Crippen LogP contribution in [0.15, 0.2) is 47.6 Å². The molecule has 148 valence electrons. The molecular formula is C16H14ClFN4O5S. The number of carbonyl (C=O) groups excluding carboxylic acids is 1. The monoisotopic (exact) mass is 428 g/mol. The van der Waals surface area contributed by atoms with Crippen LogP contribution in [0.4, 0.5) is 15.8 Å². The van der Waals surface area contributed by atoms with Crippen LogP contribution in [0.3, 0.4) is 0 Å². The Morgan fingerprint density at radius 3 is 2.64 bits per heavy atom. The molecule has 0 aliphatic rings. The average Bonchev–Trinajstić information content (AvgIpc) is 2.61. The number of halogens is 2. The molecule has 0 saturated carbocycles. The normalized spacial score (nSPS) is 11.4. The van der Waals surface area contributed by atoms with Gasteiger partial charge in [-0.3, -0.25) is 19.2 Å². The van der Waals surface area contributed by atoms with Crippen molar-refractivity contribution in [3.8, 4) is 0 Å². The standard InChI is InChI=1S/C16H14ClFN4O5S/c1-28(26,27)21(15-5-3-2-4-14(15)18)10-16(23)20-19-9-11-8-12(22(24)25)6-7-13(11)17/h2-9H,10H2,1H3,(H,20,23)/b19-9-. The number of nitro groups is 1. The predicted molar refractivity (Wildman–Crippen MR) is 102 cm³/mol. The molecule has 0 aliphatic heterocycles. The van der Waals surface area contributed by atoms with Gasteiger partial charge in [0.2, 0.25) is 10.0 Å². The number of carbonyl (C=O) groups is 1. The van der Waals surface area contributed by atoms with Crippen LogP contribution in [0.5, 0.6) is 0 Å². The number of nitrogens with one attached hydrogen (secondary N) is 1. The number of para-hydroxylation sites is 1. The van der Waals surface area contributed by atoms with Gasteiger partial charge in [-0.1, -0.05) is 23.7 Å². The number of amides is 1. The number of benzene rings is 2. The van der Waals surface area contributed by atoms with E-state index in [1.165, 1.54) is 30.3 Å². The first-order valence-electron chi connectivity index (χ1n) is 7.57. The Labute approximate surface area is 164 Å². The minimum atomic E-state index is -3.95. The maximum absolute atomic E-state index is 13.9. The molecule has 0 saturated heterocycles. The summed E-state index contributed by atoms with van der Waals surface area (Å²) in [4.78, 5) is 22.2. The van der Waals surface area contributed by atoms with Gasteiger partial charge in [-0.2, -0.15) is 5.10 Å². The molecule has 2 aromatic rings. The molecule has 9 nitrogen and oxygen atoms in total. The lowest BCUT2D eigenvalue weighted by molar-refractivity contribution is -0.384. The fourth-order valence-electron chi connectivity index (χ4n) is 2.12. The molecule has 12 heteroatoms. The summed E-state index contributed by atoms with van der Waals surface area (Å²) < 4.78 is 38.3. The molecule has 0 unspecified atom stereocenters. The van der Waals surface area contributed by atoms with Gasteiger partial charge in [-0.05, 0) is 18.2 Å². The topological polar surface area (TPSA) is 122 Å². The Kier molecular flexibility index (Phi) is 6.65. The quantitative estimate of drug-likeness (QED) is 0.412. The largest absolute Gasteiger partial charge is 0.271 e. The van der Waals surface area contributed by atoms with Gasteiger partial charge in [0.05, 0.1) is 23.1 Å². The van der Waals surface area contributed by atoms with E-state index in [-0.39, 0.29) is 22.0 Å². The number of hydrogen-bond donors (Lipinski definition) is 1. The highest BCUT2D eigenvalue weighted by molar-refractivity contribution is 7.92. The second-order valence-corrected chi connectivity index (χ2v) is 7.79. The van der Waals surface area contributed by atoms with E-state index in [0.29, 0.717) is 4.31 Å². The van der Waals surface area contributed by atoms with Crippen molar-refractivity contribution < 1.29 is 22.5 Å². The Hall–Kier alpha value is -3.05. The van der Waals surface area contributed by atoms with Crippen molar-refractivity contribution in [2.75, 3.05) is 17.1 Å². The van der Waals surface area contributed by atoms with Crippen molar-refractivity contribution in [3.63, 3.8) is 0 Å². The molecule has 0 aromatic heterocycles. The summed E-state index contributed by atoms with van der Waals surface area (Å²) in [6.45, 7) is -0.722. The van der Waals surface area contributed by atoms with E-state index in [0.717, 1.165) is 24.6 Å². The first-order chi connectivity index (χ1) is 13.1. The number of sulfonamides is 1. The third-order valence-electron chi connectivity index (χ3n) is 3.39. The van der Waals surface area contributed by atoms with Gasteiger partial charge in [0.15, 0.2) is 0 Å². The lowest BCUT2D eigenvalue weighted by Gasteiger charge is -2.21. The van der Waals surface area contributed by atoms with Crippen molar-refractivity contribution in [1.82, 2.24) is 5.43 Å². The Morgan fingerprint density at radius 2 is 2.04 bits per heavy atom. The molecule has 1 N–H and O–H groups in total. The first-order valence-corrected chi connectivity index (χ1v) is 9.80. The third kappa shape index (κ3) is 5.47. The number of nitrogens with zero attached hydrogens (tertiary/aromatic N) is 3. The van der Waals surface area contributed by atoms with Crippen LogP contribution in [0.1, 0.15) is 5.56 Å². The van der Waals surface area contributed by atoms with E-state index in [2.05, 4.69) is 10.5 Å². The lowest BCUT2D eigenvalue weighted by Crippen LogP contribution is -2.39. The summed E-state index contributed by atoms with van der Waals surface area (Å²) in [6.07, 6.45) is 1.90. The summed E-state index contributed by atoms with van der Waals surface area (Å²) in [6, 6.07) is 8.75. The number of anilines is 1. The highest BCUT2D eigenvalue weighted by Gasteiger charge is 2.23. The van der Waals surface area contributed by atoms with Gasteiger partial charge in [-0.15, -0.1) is 0 Å². The highest BCUT2D eigenvalue weighted by Crippen LogP contribution is 2.21. The van der Waals surface area contributed by atoms with E-state index in [1.807, 2.05) is 0 Å². The molecule has 0 radical (unpaired) electrons. The summed E-state index contributed by atoms with van der Waals surface area (Å²) in [5.74, 6) is -1.67. The maximum Gasteiger partial charge on any atom is 0.270 e. The minimum Gasteiger partial charge on any atom is -0.271 e. The van der Waals surface area contributed by atoms with Crippen LogP contribution >= 0.6 is 11.6 Å². The van der Waals surface area contributed by atoms with Crippen LogP contribution in [-0.4, -0.2) is 38.3 Å². The fraction of sp³-hybridized carbons (Fsp3) is 0.125. The van der Waals surface area contributed by atoms with Gasteiger partial charge in [0, 0.05) is 22.7 Å². The molecule has 0 fully saturated rings. The molecule has 0 atom stereocenters. The summed E-state index contributed by atoms with van der Waals surface area (Å²) >= 11 is 5.90. The number of hydrogen-bond acceptors (Lipinski definition) is 6. The van der Waals surface area contributed by atoms with Crippen LogP contribution in [-0.2, 0) is 14.8 Å². The van der Waals surface area contributed by atoms with E-state index in [1.54, 1.807) is 0 Å². The van der Waals surface area contributed by atoms with Crippen molar-refractivity contribution in [2.24, 2.45) is 5.10 Å². The van der Waals surface area contributed by atoms with Gasteiger partial charge in [0.1, 0.15) is 12.4 Å². The summed E-state index contributed by atoms with van der Waals surface area (Å²) in [5, 5.41) is 14.5. The number of nitro benzene ring substituents is 1. The zero-order chi connectivity index (χ0) is 20.9. The third-order valence-corrected chi connectivity index (χ3v) is 4.86. The molecule has 0 heterocycles. The zero-order valence-corrected chi connectivity index (χ0v) is 15.9. The van der Waals surface area contributed by atoms with E-state index in [9.17, 15) is 27.7 Å². The molecule has 0 bridgehead atoms. The Balaban J connectivity index is 2.14. The van der Waals surface area contributed by atoms with E-state index in [4.69, 9.17) is 11.6 Å². The predicted octanol–water partition coefficient (Wildman–Crippen LogP) is 2.30. The fourth-order valence-corrected chi connectivity index (χ4v) is 3.14. The lowest BCUT2D eigenvalue weighted by atomic mass is 10.2. The molecule has 2 aromatic carbocycles. The van der Waals surface area contributed by atoms with Crippen molar-refractivity contribution in [1.29, 1.82) is 0 Å². The van der Waals surface area contributed by atoms with Gasteiger partial charge >= 0.3 is 0 Å². The van der Waals surface area contributed by atoms with Gasteiger partial charge in [0.25, 0.3) is 11.6 Å². The van der Waals surface area contributed by atoms with Crippen molar-refractivity contribution in [2.45, 2.75) is 0 Å². The van der Waals surface area contributed by atoms with Crippen LogP contribution in [0, 0.1) is 15.9 Å². The second-order valence-electron chi connectivity index (χ2n) is 5.48. The second kappa shape index (κ2) is 8.76. The van der Waals surface area contributed by atoms with Crippen molar-refractivity contribution >= 4 is 45.1 Å². The van der Waals surface area contributed by atoms with Crippen LogP contribution in [0.2, 0.25) is 5.02 Å².